The fraction of sp³-hybridized carbons (Fsp3) is 0.0714. The second-order valence-corrected chi connectivity index (χ2v) is 15.5. The number of hydrogen-bond acceptors (Lipinski definition) is 4. The molecule has 0 spiro atoms. The molecule has 62 heavy (non-hydrogen) atoms. The Morgan fingerprint density at radius 1 is 0.290 bits per heavy atom. The van der Waals surface area contributed by atoms with Crippen molar-refractivity contribution in [3.05, 3.63) is 229 Å². The Hall–Kier alpha value is -7.96. The lowest BCUT2D eigenvalue weighted by atomic mass is 9.98. The Labute approximate surface area is 363 Å². The lowest BCUT2D eigenvalue weighted by Crippen LogP contribution is -2.05. The molecular weight excluding hydrogens is 757 g/mol. The molecule has 6 heteroatoms. The van der Waals surface area contributed by atoms with Gasteiger partial charge < -0.3 is 0 Å². The van der Waals surface area contributed by atoms with E-state index in [0.29, 0.717) is 0 Å². The number of aromatic nitrogens is 6. The molecule has 0 bridgehead atoms. The predicted octanol–water partition coefficient (Wildman–Crippen LogP) is 13.8. The van der Waals surface area contributed by atoms with Gasteiger partial charge in [0, 0.05) is 27.9 Å². The number of rotatable bonds is 8. The molecule has 0 atom stereocenters. The first kappa shape index (κ1) is 39.5. The summed E-state index contributed by atoms with van der Waals surface area (Å²) in [5, 5.41) is 18.7. The summed E-state index contributed by atoms with van der Waals surface area (Å²) in [6.45, 7) is 8.54. The Kier molecular flexibility index (Phi) is 11.3. The van der Waals surface area contributed by atoms with Crippen molar-refractivity contribution in [1.82, 2.24) is 29.5 Å². The molecule has 0 unspecified atom stereocenters. The second kappa shape index (κ2) is 17.7. The van der Waals surface area contributed by atoms with Crippen LogP contribution in [-0.2, 0) is 0 Å². The summed E-state index contributed by atoms with van der Waals surface area (Å²) in [5.74, 6) is 3.36. The zero-order chi connectivity index (χ0) is 42.4. The van der Waals surface area contributed by atoms with Gasteiger partial charge in [0.2, 0.25) is 0 Å². The van der Waals surface area contributed by atoms with Crippen molar-refractivity contribution >= 4 is 0 Å². The Morgan fingerprint density at radius 2 is 0.629 bits per heavy atom. The van der Waals surface area contributed by atoms with Crippen molar-refractivity contribution in [1.29, 1.82) is 0 Å². The minimum atomic E-state index is 0.836. The molecule has 0 aliphatic heterocycles. The molecule has 2 aromatic heterocycles. The molecule has 8 aromatic carbocycles. The van der Waals surface area contributed by atoms with Gasteiger partial charge in [0.1, 0.15) is 0 Å². The van der Waals surface area contributed by atoms with Gasteiger partial charge in [-0.15, -0.1) is 20.4 Å². The van der Waals surface area contributed by atoms with Crippen LogP contribution in [0.15, 0.2) is 206 Å². The van der Waals surface area contributed by atoms with Gasteiger partial charge in [-0.3, -0.25) is 9.13 Å². The van der Waals surface area contributed by atoms with Crippen LogP contribution in [0, 0.1) is 27.7 Å². The van der Waals surface area contributed by atoms with E-state index in [9.17, 15) is 0 Å². The minimum absolute atomic E-state index is 0.836. The Balaban J connectivity index is 0.000000158. The van der Waals surface area contributed by atoms with Crippen molar-refractivity contribution in [3.63, 3.8) is 0 Å². The molecule has 2 heterocycles. The highest BCUT2D eigenvalue weighted by atomic mass is 15.3. The molecule has 10 aromatic rings. The van der Waals surface area contributed by atoms with Gasteiger partial charge >= 0.3 is 0 Å². The standard InChI is InChI=1S/2C28H23N3/c1-20-12-11-13-21(2)26(20)31-27(23-16-7-4-8-17-23)29-30-28(31)25-19-10-9-18-24(25)22-14-5-3-6-15-22;1-20-17-21(2)19-24(18-20)31-27(23-13-7-4-8-14-23)29-30-28(31)26-16-10-9-15-25(26)22-11-5-3-6-12-22/h2*3-19H,1-2H3. The van der Waals surface area contributed by atoms with Crippen molar-refractivity contribution < 1.29 is 0 Å². The molecule has 6 nitrogen and oxygen atoms in total. The quantitative estimate of drug-likeness (QED) is 0.153. The highest BCUT2D eigenvalue weighted by molar-refractivity contribution is 5.84. The first-order valence-electron chi connectivity index (χ1n) is 20.9. The summed E-state index contributed by atoms with van der Waals surface area (Å²) in [6.07, 6.45) is 0. The molecule has 0 saturated heterocycles. The fourth-order valence-corrected chi connectivity index (χ4v) is 8.26. The van der Waals surface area contributed by atoms with Gasteiger partial charge in [-0.1, -0.05) is 194 Å². The highest BCUT2D eigenvalue weighted by Crippen LogP contribution is 2.38. The number of hydrogen-bond donors (Lipinski definition) is 0. The lowest BCUT2D eigenvalue weighted by molar-refractivity contribution is 1.04. The van der Waals surface area contributed by atoms with Gasteiger partial charge in [0.05, 0.1) is 5.69 Å². The maximum Gasteiger partial charge on any atom is 0.169 e. The van der Waals surface area contributed by atoms with Gasteiger partial charge in [0.15, 0.2) is 23.3 Å². The summed E-state index contributed by atoms with van der Waals surface area (Å²) in [4.78, 5) is 0. The van der Waals surface area contributed by atoms with Crippen molar-refractivity contribution in [2.45, 2.75) is 27.7 Å². The molecular formula is C56H46N6. The summed E-state index contributed by atoms with van der Waals surface area (Å²) >= 11 is 0. The number of aryl methyl sites for hydroxylation is 4. The topological polar surface area (TPSA) is 61.4 Å². The van der Waals surface area contributed by atoms with Crippen LogP contribution in [0.1, 0.15) is 22.3 Å². The van der Waals surface area contributed by atoms with E-state index in [-0.39, 0.29) is 0 Å². The third-order valence-electron chi connectivity index (χ3n) is 11.0. The van der Waals surface area contributed by atoms with Crippen LogP contribution >= 0.6 is 0 Å². The van der Waals surface area contributed by atoms with Gasteiger partial charge in [-0.05, 0) is 84.3 Å². The van der Waals surface area contributed by atoms with Crippen molar-refractivity contribution in [3.8, 4) is 79.2 Å². The SMILES string of the molecule is Cc1cc(C)cc(-n2c(-c3ccccc3)nnc2-c2ccccc2-c2ccccc2)c1.Cc1cccc(C)c1-n1c(-c2ccccc2)nnc1-c1ccccc1-c1ccccc1. The van der Waals surface area contributed by atoms with E-state index < -0.39 is 0 Å². The minimum Gasteiger partial charge on any atom is -0.275 e. The molecule has 10 rings (SSSR count). The van der Waals surface area contributed by atoms with Crippen LogP contribution in [0.2, 0.25) is 0 Å². The van der Waals surface area contributed by atoms with E-state index in [1.165, 1.54) is 22.3 Å². The average molecular weight is 803 g/mol. The van der Waals surface area contributed by atoms with Crippen LogP contribution in [0.3, 0.4) is 0 Å². The molecule has 0 radical (unpaired) electrons. The van der Waals surface area contributed by atoms with Gasteiger partial charge in [-0.2, -0.15) is 0 Å². The first-order chi connectivity index (χ1) is 30.4. The molecule has 0 saturated carbocycles. The maximum atomic E-state index is 4.72. The van der Waals surface area contributed by atoms with Crippen molar-refractivity contribution in [2.24, 2.45) is 0 Å². The zero-order valence-electron chi connectivity index (χ0n) is 35.3. The molecule has 0 amide bonds. The maximum absolute atomic E-state index is 4.72. The summed E-state index contributed by atoms with van der Waals surface area (Å²) in [7, 11) is 0. The van der Waals surface area contributed by atoms with E-state index in [2.05, 4.69) is 205 Å². The summed E-state index contributed by atoms with van der Waals surface area (Å²) in [5.41, 5.74) is 15.8. The number of para-hydroxylation sites is 1. The van der Waals surface area contributed by atoms with Crippen molar-refractivity contribution in [2.75, 3.05) is 0 Å². The van der Waals surface area contributed by atoms with E-state index in [4.69, 9.17) is 10.2 Å². The van der Waals surface area contributed by atoms with E-state index >= 15 is 0 Å². The average Bonchev–Trinajstić information content (AvgIpc) is 3.96. The van der Waals surface area contributed by atoms with E-state index in [1.54, 1.807) is 0 Å². The first-order valence-corrected chi connectivity index (χ1v) is 20.9. The molecule has 0 N–H and O–H groups in total. The van der Waals surface area contributed by atoms with Crippen LogP contribution in [0.4, 0.5) is 0 Å². The van der Waals surface area contributed by atoms with E-state index in [0.717, 1.165) is 79.2 Å². The normalized spacial score (nSPS) is 10.9. The van der Waals surface area contributed by atoms with Crippen LogP contribution < -0.4 is 0 Å². The summed E-state index contributed by atoms with van der Waals surface area (Å²) in [6, 6.07) is 71.2. The summed E-state index contributed by atoms with van der Waals surface area (Å²) < 4.78 is 4.39. The number of benzene rings is 8. The van der Waals surface area contributed by atoms with Crippen LogP contribution in [0.5, 0.6) is 0 Å². The fourth-order valence-electron chi connectivity index (χ4n) is 8.26. The monoisotopic (exact) mass is 802 g/mol. The molecule has 0 fully saturated rings. The Morgan fingerprint density at radius 3 is 1.06 bits per heavy atom. The van der Waals surface area contributed by atoms with Gasteiger partial charge in [0.25, 0.3) is 0 Å². The highest BCUT2D eigenvalue weighted by Gasteiger charge is 2.23. The third-order valence-corrected chi connectivity index (χ3v) is 11.0. The predicted molar refractivity (Wildman–Crippen MR) is 254 cm³/mol. The van der Waals surface area contributed by atoms with Crippen LogP contribution in [-0.4, -0.2) is 29.5 Å². The lowest BCUT2D eigenvalue weighted by Gasteiger charge is -2.17. The number of nitrogens with zero attached hydrogens (tertiary/aromatic N) is 6. The van der Waals surface area contributed by atoms with E-state index in [1.807, 2.05) is 48.5 Å². The molecule has 0 aliphatic rings. The molecule has 300 valence electrons. The van der Waals surface area contributed by atoms with Crippen LogP contribution in [0.25, 0.3) is 79.2 Å². The molecule has 0 aliphatic carbocycles. The largest absolute Gasteiger partial charge is 0.275 e. The second-order valence-electron chi connectivity index (χ2n) is 15.5. The smallest absolute Gasteiger partial charge is 0.169 e. The van der Waals surface area contributed by atoms with Gasteiger partial charge in [-0.25, -0.2) is 0 Å². The third kappa shape index (κ3) is 8.02. The zero-order valence-corrected chi connectivity index (χ0v) is 35.3. The Bertz CT molecular complexity index is 3060.